The van der Waals surface area contributed by atoms with E-state index in [-0.39, 0.29) is 17.9 Å². The molecule has 1 aliphatic rings. The average Bonchev–Trinajstić information content (AvgIpc) is 2.37. The molecule has 0 atom stereocenters. The van der Waals surface area contributed by atoms with E-state index in [1.165, 1.54) is 17.5 Å². The minimum atomic E-state index is 0.152. The van der Waals surface area contributed by atoms with Crippen molar-refractivity contribution in [3.63, 3.8) is 0 Å². The van der Waals surface area contributed by atoms with Crippen LogP contribution in [0.4, 0.5) is 0 Å². The van der Waals surface area contributed by atoms with Crippen LogP contribution in [0.25, 0.3) is 0 Å². The van der Waals surface area contributed by atoms with Gasteiger partial charge in [-0.2, -0.15) is 0 Å². The summed E-state index contributed by atoms with van der Waals surface area (Å²) in [6, 6.07) is 8.81. The molecule has 1 amide bonds. The molecule has 19 heavy (non-hydrogen) atoms. The summed E-state index contributed by atoms with van der Waals surface area (Å²) in [5.41, 5.74) is 8.29. The third kappa shape index (κ3) is 3.57. The normalized spacial score (nSPS) is 21.8. The summed E-state index contributed by atoms with van der Waals surface area (Å²) in [7, 11) is 1.88. The molecule has 1 aliphatic carbocycles. The monoisotopic (exact) mass is 260 g/mol. The highest BCUT2D eigenvalue weighted by molar-refractivity contribution is 5.79. The van der Waals surface area contributed by atoms with Gasteiger partial charge >= 0.3 is 0 Å². The fourth-order valence-corrected chi connectivity index (χ4v) is 2.63. The highest BCUT2D eigenvalue weighted by Gasteiger charge is 2.33. The van der Waals surface area contributed by atoms with Gasteiger partial charge in [0.1, 0.15) is 0 Å². The molecule has 1 aromatic carbocycles. The number of nitrogens with zero attached hydrogens (tertiary/aromatic N) is 1. The third-order valence-electron chi connectivity index (χ3n) is 3.88. The maximum atomic E-state index is 12.1. The SMILES string of the molecule is CCCc1ccc(CN(C)C(=O)C2CC(N)C2)cc1. The Kier molecular flexibility index (Phi) is 4.59. The summed E-state index contributed by atoms with van der Waals surface area (Å²) in [6.07, 6.45) is 3.98. The summed E-state index contributed by atoms with van der Waals surface area (Å²) in [5, 5.41) is 0. The van der Waals surface area contributed by atoms with Crippen LogP contribution in [0.15, 0.2) is 24.3 Å². The van der Waals surface area contributed by atoms with Crippen LogP contribution in [-0.4, -0.2) is 23.9 Å². The first-order valence-corrected chi connectivity index (χ1v) is 7.18. The molecule has 3 heteroatoms. The van der Waals surface area contributed by atoms with Crippen molar-refractivity contribution >= 4 is 5.91 Å². The Balaban J connectivity index is 1.87. The Labute approximate surface area is 115 Å². The van der Waals surface area contributed by atoms with E-state index in [9.17, 15) is 4.79 Å². The van der Waals surface area contributed by atoms with Gasteiger partial charge in [-0.3, -0.25) is 4.79 Å². The molecule has 1 aromatic rings. The molecule has 104 valence electrons. The zero-order chi connectivity index (χ0) is 13.8. The molecule has 0 bridgehead atoms. The predicted molar refractivity (Wildman–Crippen MR) is 77.6 cm³/mol. The van der Waals surface area contributed by atoms with Gasteiger partial charge in [-0.15, -0.1) is 0 Å². The van der Waals surface area contributed by atoms with Crippen LogP contribution in [-0.2, 0) is 17.8 Å². The van der Waals surface area contributed by atoms with Crippen molar-refractivity contribution in [1.82, 2.24) is 4.90 Å². The van der Waals surface area contributed by atoms with Crippen LogP contribution in [0.5, 0.6) is 0 Å². The lowest BCUT2D eigenvalue weighted by molar-refractivity contribution is -0.137. The molecule has 0 aliphatic heterocycles. The second-order valence-corrected chi connectivity index (χ2v) is 5.69. The van der Waals surface area contributed by atoms with Crippen LogP contribution >= 0.6 is 0 Å². The highest BCUT2D eigenvalue weighted by atomic mass is 16.2. The Bertz CT molecular complexity index is 421. The van der Waals surface area contributed by atoms with Gasteiger partial charge in [-0.05, 0) is 30.4 Å². The summed E-state index contributed by atoms with van der Waals surface area (Å²) < 4.78 is 0. The molecule has 1 fully saturated rings. The van der Waals surface area contributed by atoms with Crippen molar-refractivity contribution in [2.75, 3.05) is 7.05 Å². The van der Waals surface area contributed by atoms with Gasteiger partial charge in [0.15, 0.2) is 0 Å². The lowest BCUT2D eigenvalue weighted by atomic mass is 9.80. The number of aryl methyl sites for hydroxylation is 1. The fourth-order valence-electron chi connectivity index (χ4n) is 2.63. The van der Waals surface area contributed by atoms with Crippen LogP contribution < -0.4 is 5.73 Å². The molecule has 0 unspecified atom stereocenters. The minimum Gasteiger partial charge on any atom is -0.341 e. The minimum absolute atomic E-state index is 0.152. The highest BCUT2D eigenvalue weighted by Crippen LogP contribution is 2.27. The molecule has 2 rings (SSSR count). The molecule has 0 spiro atoms. The Morgan fingerprint density at radius 2 is 1.84 bits per heavy atom. The first-order chi connectivity index (χ1) is 9.10. The van der Waals surface area contributed by atoms with E-state index in [1.807, 2.05) is 11.9 Å². The number of carbonyl (C=O) groups is 1. The molecule has 2 N–H and O–H groups in total. The van der Waals surface area contributed by atoms with Gasteiger partial charge in [-0.25, -0.2) is 0 Å². The van der Waals surface area contributed by atoms with Crippen molar-refractivity contribution < 1.29 is 4.79 Å². The van der Waals surface area contributed by atoms with E-state index < -0.39 is 0 Å². The quantitative estimate of drug-likeness (QED) is 0.883. The first kappa shape index (κ1) is 14.1. The lowest BCUT2D eigenvalue weighted by Crippen LogP contribution is -2.45. The summed E-state index contributed by atoms with van der Waals surface area (Å²) in [5.74, 6) is 0.388. The number of hydrogen-bond acceptors (Lipinski definition) is 2. The van der Waals surface area contributed by atoms with E-state index in [0.717, 1.165) is 19.3 Å². The zero-order valence-electron chi connectivity index (χ0n) is 11.9. The Hall–Kier alpha value is -1.35. The smallest absolute Gasteiger partial charge is 0.225 e. The number of hydrogen-bond donors (Lipinski definition) is 1. The van der Waals surface area contributed by atoms with Gasteiger partial charge in [0.05, 0.1) is 0 Å². The molecule has 0 heterocycles. The largest absolute Gasteiger partial charge is 0.341 e. The van der Waals surface area contributed by atoms with Crippen LogP contribution in [0.1, 0.15) is 37.3 Å². The van der Waals surface area contributed by atoms with Crippen molar-refractivity contribution in [2.24, 2.45) is 11.7 Å². The molecule has 0 aromatic heterocycles. The van der Waals surface area contributed by atoms with Gasteiger partial charge in [0.2, 0.25) is 5.91 Å². The molecular formula is C16H24N2O. The van der Waals surface area contributed by atoms with Crippen molar-refractivity contribution in [3.8, 4) is 0 Å². The number of rotatable bonds is 5. The van der Waals surface area contributed by atoms with Crippen molar-refractivity contribution in [2.45, 2.75) is 45.2 Å². The van der Waals surface area contributed by atoms with E-state index in [4.69, 9.17) is 5.73 Å². The van der Waals surface area contributed by atoms with E-state index in [2.05, 4.69) is 31.2 Å². The Morgan fingerprint density at radius 3 is 2.37 bits per heavy atom. The second kappa shape index (κ2) is 6.20. The number of nitrogens with two attached hydrogens (primary N) is 1. The summed E-state index contributed by atoms with van der Waals surface area (Å²) in [4.78, 5) is 13.9. The van der Waals surface area contributed by atoms with Crippen molar-refractivity contribution in [3.05, 3.63) is 35.4 Å². The second-order valence-electron chi connectivity index (χ2n) is 5.69. The van der Waals surface area contributed by atoms with Crippen LogP contribution in [0, 0.1) is 5.92 Å². The first-order valence-electron chi connectivity index (χ1n) is 7.18. The molecule has 0 saturated heterocycles. The molecular weight excluding hydrogens is 236 g/mol. The average molecular weight is 260 g/mol. The summed E-state index contributed by atoms with van der Waals surface area (Å²) in [6.45, 7) is 2.88. The van der Waals surface area contributed by atoms with E-state index in [0.29, 0.717) is 6.54 Å². The molecule has 0 radical (unpaired) electrons. The lowest BCUT2D eigenvalue weighted by Gasteiger charge is -2.34. The topological polar surface area (TPSA) is 46.3 Å². The van der Waals surface area contributed by atoms with Gasteiger partial charge < -0.3 is 10.6 Å². The van der Waals surface area contributed by atoms with Gasteiger partial charge in [-0.1, -0.05) is 37.6 Å². The number of benzene rings is 1. The maximum absolute atomic E-state index is 12.1. The fraction of sp³-hybridized carbons (Fsp3) is 0.562. The maximum Gasteiger partial charge on any atom is 0.225 e. The zero-order valence-corrected chi connectivity index (χ0v) is 11.9. The number of amides is 1. The Morgan fingerprint density at radius 1 is 1.26 bits per heavy atom. The number of carbonyl (C=O) groups excluding carboxylic acids is 1. The van der Waals surface area contributed by atoms with Crippen LogP contribution in [0.2, 0.25) is 0 Å². The predicted octanol–water partition coefficient (Wildman–Crippen LogP) is 2.33. The van der Waals surface area contributed by atoms with Gasteiger partial charge in [0.25, 0.3) is 0 Å². The van der Waals surface area contributed by atoms with E-state index >= 15 is 0 Å². The molecule has 1 saturated carbocycles. The van der Waals surface area contributed by atoms with Gasteiger partial charge in [0, 0.05) is 25.6 Å². The van der Waals surface area contributed by atoms with Crippen LogP contribution in [0.3, 0.4) is 0 Å². The van der Waals surface area contributed by atoms with E-state index in [1.54, 1.807) is 0 Å². The molecule has 3 nitrogen and oxygen atoms in total. The van der Waals surface area contributed by atoms with Crippen molar-refractivity contribution in [1.29, 1.82) is 0 Å². The standard InChI is InChI=1S/C16H24N2O/c1-3-4-12-5-7-13(8-6-12)11-18(2)16(19)14-9-15(17)10-14/h5-8,14-15H,3-4,9-11,17H2,1-2H3. The third-order valence-corrected chi connectivity index (χ3v) is 3.88. The summed E-state index contributed by atoms with van der Waals surface area (Å²) >= 11 is 0.